The van der Waals surface area contributed by atoms with Gasteiger partial charge in [-0.15, -0.1) is 0 Å². The number of aryl methyl sites for hydroxylation is 1. The molecule has 2 atom stereocenters. The average Bonchev–Trinajstić information content (AvgIpc) is 2.78. The predicted octanol–water partition coefficient (Wildman–Crippen LogP) is 7.59. The van der Waals surface area contributed by atoms with Crippen LogP contribution in [0.25, 0.3) is 11.4 Å². The molecule has 4 heteroatoms. The third-order valence-corrected chi connectivity index (χ3v) is 5.68. The third kappa shape index (κ3) is 8.81. The minimum absolute atomic E-state index is 0.00904. The molecule has 2 aromatic rings. The van der Waals surface area contributed by atoms with Crippen molar-refractivity contribution in [1.82, 2.24) is 9.97 Å². The van der Waals surface area contributed by atoms with E-state index in [1.165, 1.54) is 50.5 Å². The van der Waals surface area contributed by atoms with Crippen LogP contribution in [-0.4, -0.2) is 22.7 Å². The highest BCUT2D eigenvalue weighted by Gasteiger charge is 2.16. The Hall–Kier alpha value is -1.97. The first-order chi connectivity index (χ1) is 14.6. The van der Waals surface area contributed by atoms with Crippen LogP contribution in [0.2, 0.25) is 0 Å². The largest absolute Gasteiger partial charge is 0.487 e. The molecule has 0 aliphatic heterocycles. The number of benzene rings is 1. The number of unbranched alkanes of at least 4 members (excludes halogenated alkanes) is 6. The van der Waals surface area contributed by atoms with E-state index in [9.17, 15) is 4.39 Å². The molecule has 0 spiro atoms. The van der Waals surface area contributed by atoms with Crippen LogP contribution in [0.1, 0.15) is 84.1 Å². The Balaban J connectivity index is 1.75. The molecule has 0 N–H and O–H groups in total. The van der Waals surface area contributed by atoms with Gasteiger partial charge < -0.3 is 4.74 Å². The fourth-order valence-corrected chi connectivity index (χ4v) is 3.62. The van der Waals surface area contributed by atoms with Crippen molar-refractivity contribution in [3.63, 3.8) is 0 Å². The van der Waals surface area contributed by atoms with Gasteiger partial charge in [-0.3, -0.25) is 0 Å². The summed E-state index contributed by atoms with van der Waals surface area (Å²) < 4.78 is 19.6. The number of ether oxygens (including phenoxy) is 1. The topological polar surface area (TPSA) is 35.0 Å². The number of aromatic nitrogens is 2. The van der Waals surface area contributed by atoms with Gasteiger partial charge in [0.05, 0.1) is 12.4 Å². The summed E-state index contributed by atoms with van der Waals surface area (Å²) in [5, 5.41) is 0. The SMILES string of the molecule is CCCCCCCCCc1ccc(-c2ncc(OCC(F)C(C)CCC)cn2)cc1. The van der Waals surface area contributed by atoms with Crippen molar-refractivity contribution < 1.29 is 9.13 Å². The van der Waals surface area contributed by atoms with E-state index in [0.29, 0.717) is 11.6 Å². The zero-order valence-corrected chi connectivity index (χ0v) is 19.1. The molecule has 0 saturated heterocycles. The second kappa shape index (κ2) is 14.1. The molecule has 0 bridgehead atoms. The van der Waals surface area contributed by atoms with Gasteiger partial charge >= 0.3 is 0 Å². The van der Waals surface area contributed by atoms with Gasteiger partial charge in [-0.25, -0.2) is 14.4 Å². The number of rotatable bonds is 15. The van der Waals surface area contributed by atoms with E-state index in [0.717, 1.165) is 24.8 Å². The number of nitrogens with zero attached hydrogens (tertiary/aromatic N) is 2. The predicted molar refractivity (Wildman–Crippen MR) is 124 cm³/mol. The van der Waals surface area contributed by atoms with Crippen LogP contribution in [0.5, 0.6) is 5.75 Å². The van der Waals surface area contributed by atoms with Crippen LogP contribution in [0.15, 0.2) is 36.7 Å². The van der Waals surface area contributed by atoms with Gasteiger partial charge in [0.25, 0.3) is 0 Å². The maximum atomic E-state index is 14.1. The maximum absolute atomic E-state index is 14.1. The Morgan fingerprint density at radius 1 is 0.867 bits per heavy atom. The Morgan fingerprint density at radius 2 is 1.50 bits per heavy atom. The van der Waals surface area contributed by atoms with Gasteiger partial charge in [0.1, 0.15) is 12.8 Å². The lowest BCUT2D eigenvalue weighted by atomic mass is 10.0. The van der Waals surface area contributed by atoms with Crippen LogP contribution in [0.4, 0.5) is 4.39 Å². The van der Waals surface area contributed by atoms with E-state index in [2.05, 4.69) is 48.1 Å². The molecule has 1 aromatic heterocycles. The van der Waals surface area contributed by atoms with E-state index >= 15 is 0 Å². The fraction of sp³-hybridized carbons (Fsp3) is 0.615. The molecule has 166 valence electrons. The van der Waals surface area contributed by atoms with E-state index in [1.54, 1.807) is 12.4 Å². The quantitative estimate of drug-likeness (QED) is 0.282. The molecular formula is C26H39FN2O. The molecule has 3 nitrogen and oxygen atoms in total. The number of alkyl halides is 1. The van der Waals surface area contributed by atoms with Gasteiger partial charge in [-0.1, -0.05) is 90.0 Å². The first-order valence-corrected chi connectivity index (χ1v) is 11.8. The molecule has 0 aliphatic carbocycles. The van der Waals surface area contributed by atoms with Crippen molar-refractivity contribution in [3.05, 3.63) is 42.2 Å². The highest BCUT2D eigenvalue weighted by molar-refractivity contribution is 5.55. The van der Waals surface area contributed by atoms with Gasteiger partial charge in [0, 0.05) is 5.56 Å². The second-order valence-electron chi connectivity index (χ2n) is 8.40. The first-order valence-electron chi connectivity index (χ1n) is 11.8. The molecule has 0 aliphatic rings. The van der Waals surface area contributed by atoms with Crippen LogP contribution in [0.3, 0.4) is 0 Å². The lowest BCUT2D eigenvalue weighted by Crippen LogP contribution is -2.21. The molecule has 0 saturated carbocycles. The summed E-state index contributed by atoms with van der Waals surface area (Å²) in [5.74, 6) is 1.19. The monoisotopic (exact) mass is 414 g/mol. The molecule has 1 aromatic carbocycles. The molecule has 1 heterocycles. The standard InChI is InChI=1S/C26H39FN2O/c1-4-6-7-8-9-10-11-13-22-14-16-23(17-15-22)26-28-18-24(19-29-26)30-20-25(27)21(3)12-5-2/h14-19,21,25H,4-13,20H2,1-3H3. The molecule has 2 rings (SSSR count). The van der Waals surface area contributed by atoms with Crippen molar-refractivity contribution in [2.75, 3.05) is 6.61 Å². The van der Waals surface area contributed by atoms with E-state index in [4.69, 9.17) is 4.74 Å². The zero-order chi connectivity index (χ0) is 21.6. The highest BCUT2D eigenvalue weighted by Crippen LogP contribution is 2.20. The Morgan fingerprint density at radius 3 is 2.13 bits per heavy atom. The zero-order valence-electron chi connectivity index (χ0n) is 19.1. The second-order valence-corrected chi connectivity index (χ2v) is 8.40. The minimum Gasteiger partial charge on any atom is -0.487 e. The Labute approximate surface area is 182 Å². The van der Waals surface area contributed by atoms with Crippen molar-refractivity contribution in [2.45, 2.75) is 91.2 Å². The Kier molecular flexibility index (Phi) is 11.4. The van der Waals surface area contributed by atoms with Gasteiger partial charge in [0.15, 0.2) is 11.6 Å². The van der Waals surface area contributed by atoms with Crippen molar-refractivity contribution in [3.8, 4) is 17.1 Å². The number of halogens is 1. The van der Waals surface area contributed by atoms with Gasteiger partial charge in [-0.2, -0.15) is 0 Å². The van der Waals surface area contributed by atoms with Gasteiger partial charge in [-0.05, 0) is 30.7 Å². The molecule has 2 unspecified atom stereocenters. The molecular weight excluding hydrogens is 375 g/mol. The van der Waals surface area contributed by atoms with Crippen LogP contribution >= 0.6 is 0 Å². The molecule has 0 fully saturated rings. The first kappa shape index (κ1) is 24.3. The van der Waals surface area contributed by atoms with Crippen LogP contribution < -0.4 is 4.74 Å². The minimum atomic E-state index is -0.964. The lowest BCUT2D eigenvalue weighted by Gasteiger charge is -2.16. The molecule has 0 amide bonds. The highest BCUT2D eigenvalue weighted by atomic mass is 19.1. The summed E-state index contributed by atoms with van der Waals surface area (Å²) >= 11 is 0. The maximum Gasteiger partial charge on any atom is 0.159 e. The van der Waals surface area contributed by atoms with Crippen LogP contribution in [0, 0.1) is 5.92 Å². The van der Waals surface area contributed by atoms with Crippen molar-refractivity contribution in [1.29, 1.82) is 0 Å². The van der Waals surface area contributed by atoms with Gasteiger partial charge in [0.2, 0.25) is 0 Å². The summed E-state index contributed by atoms with van der Waals surface area (Å²) in [6, 6.07) is 8.50. The Bertz CT molecular complexity index is 687. The normalized spacial score (nSPS) is 13.2. The van der Waals surface area contributed by atoms with E-state index in [1.807, 2.05) is 6.92 Å². The van der Waals surface area contributed by atoms with Crippen molar-refractivity contribution in [2.24, 2.45) is 5.92 Å². The third-order valence-electron chi connectivity index (χ3n) is 5.68. The fourth-order valence-electron chi connectivity index (χ4n) is 3.62. The average molecular weight is 415 g/mol. The molecule has 30 heavy (non-hydrogen) atoms. The number of hydrogen-bond donors (Lipinski definition) is 0. The summed E-state index contributed by atoms with van der Waals surface area (Å²) in [4.78, 5) is 8.78. The lowest BCUT2D eigenvalue weighted by molar-refractivity contribution is 0.142. The molecule has 0 radical (unpaired) electrons. The van der Waals surface area contributed by atoms with E-state index < -0.39 is 6.17 Å². The summed E-state index contributed by atoms with van der Waals surface area (Å²) in [5.41, 5.74) is 2.35. The summed E-state index contributed by atoms with van der Waals surface area (Å²) in [6.45, 7) is 6.30. The smallest absolute Gasteiger partial charge is 0.159 e. The van der Waals surface area contributed by atoms with Crippen molar-refractivity contribution >= 4 is 0 Å². The van der Waals surface area contributed by atoms with Crippen LogP contribution in [-0.2, 0) is 6.42 Å². The summed E-state index contributed by atoms with van der Waals surface area (Å²) in [6.07, 6.45) is 14.6. The number of hydrogen-bond acceptors (Lipinski definition) is 3. The van der Waals surface area contributed by atoms with E-state index in [-0.39, 0.29) is 12.5 Å². The summed E-state index contributed by atoms with van der Waals surface area (Å²) in [7, 11) is 0.